The van der Waals surface area contributed by atoms with E-state index in [0.29, 0.717) is 0 Å². The van der Waals surface area contributed by atoms with E-state index in [9.17, 15) is 8.42 Å². The smallest absolute Gasteiger partial charge is 0.239 e. The van der Waals surface area contributed by atoms with E-state index in [0.717, 1.165) is 0 Å². The molecular weight excluding hydrogens is 2740 g/mol. The largest absolute Gasteiger partial charge is 0.259 e. The number of thiol groups is 1. The van der Waals surface area contributed by atoms with Gasteiger partial charge in [0.05, 0.1) is 0 Å². The molecule has 50 heavy (non-hydrogen) atoms. The predicted molar refractivity (Wildman–Crippen MR) is 329 cm³/mol. The molecule has 0 heterocycles. The lowest BCUT2D eigenvalue weighted by Gasteiger charge is -2.61. The summed E-state index contributed by atoms with van der Waals surface area (Å²) in [4.78, 5) is 0. The van der Waals surface area contributed by atoms with Gasteiger partial charge in [0.15, 0.2) is 5.38 Å². The first-order chi connectivity index (χ1) is 20.9. The fourth-order valence-corrected chi connectivity index (χ4v) is 34.2. The molecular formula is C15HBr31O3S. The molecule has 0 aromatic rings. The second-order valence-electron chi connectivity index (χ2n) is 8.80. The number of rotatable bonds is 15. The summed E-state index contributed by atoms with van der Waals surface area (Å²) in [5.41, 5.74) is 0. The van der Waals surface area contributed by atoms with Crippen LogP contribution in [0, 0.1) is 0 Å². The lowest BCUT2D eigenvalue weighted by atomic mass is 10.0. The topological polar surface area (TPSA) is 43.4 Å². The highest BCUT2D eigenvalue weighted by molar-refractivity contribution is 9.42. The van der Waals surface area contributed by atoms with Gasteiger partial charge in [-0.25, -0.2) is 12.6 Å². The summed E-state index contributed by atoms with van der Waals surface area (Å²) in [6.07, 6.45) is 0. The second-order valence-corrected chi connectivity index (χ2v) is 64.2. The van der Waals surface area contributed by atoms with Crippen LogP contribution in [0.4, 0.5) is 0 Å². The van der Waals surface area contributed by atoms with Gasteiger partial charge in [0.1, 0.15) is 38.8 Å². The summed E-state index contributed by atoms with van der Waals surface area (Å²) in [7, 11) is -3.33. The molecule has 0 aliphatic rings. The molecule has 0 rings (SSSR count). The molecule has 0 aliphatic carbocycles. The van der Waals surface area contributed by atoms with Crippen molar-refractivity contribution in [3.05, 3.63) is 0 Å². The molecule has 0 atom stereocenters. The van der Waals surface area contributed by atoms with Crippen molar-refractivity contribution < 1.29 is 12.6 Å². The van der Waals surface area contributed by atoms with Crippen LogP contribution in [0.1, 0.15) is 0 Å². The fourth-order valence-electron chi connectivity index (χ4n) is 2.68. The minimum absolute atomic E-state index is 0.922. The third kappa shape index (κ3) is 11.3. The van der Waals surface area contributed by atoms with Crippen LogP contribution >= 0.6 is 494 Å². The number of hydrogen-bond donors (Lipinski definition) is 1. The van der Waals surface area contributed by atoms with Crippen LogP contribution in [-0.4, -0.2) is 56.0 Å². The molecule has 0 spiro atoms. The SMILES string of the molecule is O=[SH](=O)OC(Br)(Br)C(Br)(Br)C(Br)(Br)C(Br)(Br)C(Br)(Br)C(Br)(Br)C(Br)(Br)C(Br)(Br)C(Br)(Br)C(Br)(Br)C(Br)(Br)C(Br)(Br)C(Br)(Br)C(Br)(Br)C(Br)(Br)Br. The molecule has 0 unspecified atom stereocenters. The highest BCUT2D eigenvalue weighted by Gasteiger charge is 2.83. The quantitative estimate of drug-likeness (QED) is 0.131. The second kappa shape index (κ2) is 21.2. The average Bonchev–Trinajstić information content (AvgIpc) is 2.85. The van der Waals surface area contributed by atoms with E-state index in [2.05, 4.69) is 494 Å². The first-order valence-corrected chi connectivity index (χ1v) is 35.8. The first kappa shape index (κ1) is 64.8. The predicted octanol–water partition coefficient (Wildman–Crippen LogP) is 22.1. The normalized spacial score (nSPS) is 17.1. The van der Waals surface area contributed by atoms with Gasteiger partial charge >= 0.3 is 0 Å². The molecule has 3 nitrogen and oxygen atoms in total. The molecule has 35 heteroatoms. The summed E-state index contributed by atoms with van der Waals surface area (Å²) in [6.45, 7) is 0. The van der Waals surface area contributed by atoms with Gasteiger partial charge in [-0.3, -0.25) is 0 Å². The Hall–Kier alpha value is 14.8. The Kier molecular flexibility index (Phi) is 27.5. The van der Waals surface area contributed by atoms with Gasteiger partial charge in [-0.15, -0.1) is 0 Å². The van der Waals surface area contributed by atoms with E-state index >= 15 is 0 Å². The van der Waals surface area contributed by atoms with E-state index in [1.54, 1.807) is 0 Å². The Morgan fingerprint density at radius 2 is 0.380 bits per heavy atom. The molecule has 0 bridgehead atoms. The molecule has 0 aromatic carbocycles. The van der Waals surface area contributed by atoms with Gasteiger partial charge in [0.25, 0.3) is 11.0 Å². The maximum atomic E-state index is 11.6. The van der Waals surface area contributed by atoms with Crippen molar-refractivity contribution in [2.45, 2.75) is 47.6 Å². The zero-order valence-electron chi connectivity index (χ0n) is 20.9. The lowest BCUT2D eigenvalue weighted by molar-refractivity contribution is 0.270. The van der Waals surface area contributed by atoms with Crippen LogP contribution < -0.4 is 0 Å². The zero-order valence-corrected chi connectivity index (χ0v) is 70.9. The van der Waals surface area contributed by atoms with Gasteiger partial charge in [-0.05, 0) is 31.9 Å². The van der Waals surface area contributed by atoms with Crippen LogP contribution in [0.2, 0.25) is 0 Å². The number of alkyl halides is 31. The highest BCUT2D eigenvalue weighted by atomic mass is 80.0. The molecule has 0 aliphatic heterocycles. The summed E-state index contributed by atoms with van der Waals surface area (Å²) < 4.78 is 8.36. The van der Waals surface area contributed by atoms with Crippen molar-refractivity contribution in [3.8, 4) is 0 Å². The van der Waals surface area contributed by atoms with Crippen molar-refractivity contribution in [1.82, 2.24) is 0 Å². The molecule has 0 saturated carbocycles. The Morgan fingerprint density at radius 3 is 0.520 bits per heavy atom. The van der Waals surface area contributed by atoms with Gasteiger partial charge in [-0.1, -0.05) is 462 Å². The van der Waals surface area contributed by atoms with E-state index in [1.165, 1.54) is 0 Å². The van der Waals surface area contributed by atoms with Crippen LogP contribution in [0.15, 0.2) is 0 Å². The molecule has 0 radical (unpaired) electrons. The fraction of sp³-hybridized carbons (Fsp3) is 1.00. The Morgan fingerprint density at radius 1 is 0.240 bits per heavy atom. The molecule has 0 fully saturated rings. The van der Waals surface area contributed by atoms with E-state index < -0.39 is 58.6 Å². The Balaban J connectivity index is 7.66. The van der Waals surface area contributed by atoms with E-state index in [4.69, 9.17) is 4.18 Å². The number of hydrogen-bond acceptors (Lipinski definition) is 3. The Bertz CT molecular complexity index is 1330. The van der Waals surface area contributed by atoms with Crippen molar-refractivity contribution >= 4 is 505 Å². The van der Waals surface area contributed by atoms with Gasteiger partial charge in [-0.2, -0.15) is 0 Å². The van der Waals surface area contributed by atoms with Crippen LogP contribution in [0.25, 0.3) is 0 Å². The van der Waals surface area contributed by atoms with Crippen molar-refractivity contribution in [2.75, 3.05) is 0 Å². The van der Waals surface area contributed by atoms with Crippen LogP contribution in [-0.2, 0) is 15.2 Å². The van der Waals surface area contributed by atoms with Crippen LogP contribution in [0.3, 0.4) is 0 Å². The minimum Gasteiger partial charge on any atom is -0.239 e. The summed E-state index contributed by atoms with van der Waals surface area (Å²) >= 11 is 118. The maximum Gasteiger partial charge on any atom is 0.259 e. The molecule has 302 valence electrons. The van der Waals surface area contributed by atoms with E-state index in [1.807, 2.05) is 0 Å². The minimum atomic E-state index is -3.33. The first-order valence-electron chi connectivity index (χ1n) is 10.1. The van der Waals surface area contributed by atoms with Gasteiger partial charge < -0.3 is 0 Å². The maximum absolute atomic E-state index is 11.6. The van der Waals surface area contributed by atoms with Crippen LogP contribution in [0.5, 0.6) is 0 Å². The monoisotopic (exact) mass is 2710 g/mol. The highest BCUT2D eigenvalue weighted by Crippen LogP contribution is 2.83. The van der Waals surface area contributed by atoms with E-state index in [-0.39, 0.29) is 0 Å². The summed E-state index contributed by atoms with van der Waals surface area (Å²) in [6, 6.07) is 0. The van der Waals surface area contributed by atoms with Gasteiger partial charge in [0, 0.05) is 0 Å². The zero-order chi connectivity index (χ0) is 41.8. The summed E-state index contributed by atoms with van der Waals surface area (Å²) in [5, 5.41) is 0. The Labute approximate surface area is 551 Å². The third-order valence-electron chi connectivity index (χ3n) is 5.64. The molecule has 0 amide bonds. The summed E-state index contributed by atoms with van der Waals surface area (Å²) in [5.74, 6) is 0. The van der Waals surface area contributed by atoms with Crippen molar-refractivity contribution in [1.29, 1.82) is 0 Å². The lowest BCUT2D eigenvalue weighted by Crippen LogP contribution is -2.73. The van der Waals surface area contributed by atoms with Crippen molar-refractivity contribution in [3.63, 3.8) is 0 Å². The standard InChI is InChI=1S/C15HBr31O3S/c16-1(17,2(18,19)4(22,23)6(26,27)8(30,31)10(34,35)12(38,39)14(42,43)44)3(20,21)5(24,25)7(28,29)9(32,33)11(36,37)13(40,41)15(45,46)49-50(47)48/h50H. The van der Waals surface area contributed by atoms with Gasteiger partial charge in [0.2, 0.25) is 3.42 Å². The third-order valence-corrected chi connectivity index (χ3v) is 71.6. The van der Waals surface area contributed by atoms with Crippen molar-refractivity contribution in [2.24, 2.45) is 0 Å². The molecule has 0 N–H and O–H groups in total. The molecule has 0 aromatic heterocycles. The molecule has 0 saturated heterocycles. The number of halogens is 31. The average molecular weight is 2740 g/mol.